The standard InChI is InChI=1S/C17H17ClN2O3/c1-11-4-5-12(9-14(11)18)20-16(22)17(6-7-17)15(21)19-10-13-3-2-8-23-13/h2-5,8-9H,6-7,10H2,1H3,(H,19,21)(H,20,22). The highest BCUT2D eigenvalue weighted by atomic mass is 35.5. The van der Waals surface area contributed by atoms with Crippen LogP contribution in [0.5, 0.6) is 0 Å². The van der Waals surface area contributed by atoms with Crippen molar-refractivity contribution < 1.29 is 14.0 Å². The Kier molecular flexibility index (Phi) is 4.13. The number of anilines is 1. The Bertz CT molecular complexity index is 736. The minimum Gasteiger partial charge on any atom is -0.467 e. The van der Waals surface area contributed by atoms with Crippen molar-refractivity contribution in [2.45, 2.75) is 26.3 Å². The molecule has 1 aliphatic carbocycles. The maximum Gasteiger partial charge on any atom is 0.240 e. The van der Waals surface area contributed by atoms with Gasteiger partial charge in [-0.05, 0) is 49.6 Å². The van der Waals surface area contributed by atoms with Gasteiger partial charge in [0.15, 0.2) is 0 Å². The second-order valence-corrected chi connectivity index (χ2v) is 6.17. The summed E-state index contributed by atoms with van der Waals surface area (Å²) in [6.07, 6.45) is 2.63. The van der Waals surface area contributed by atoms with Crippen LogP contribution in [0.2, 0.25) is 5.02 Å². The monoisotopic (exact) mass is 332 g/mol. The van der Waals surface area contributed by atoms with Gasteiger partial charge in [0.05, 0.1) is 12.8 Å². The van der Waals surface area contributed by atoms with Gasteiger partial charge in [-0.25, -0.2) is 0 Å². The van der Waals surface area contributed by atoms with Crippen LogP contribution in [-0.2, 0) is 16.1 Å². The van der Waals surface area contributed by atoms with E-state index in [2.05, 4.69) is 10.6 Å². The maximum absolute atomic E-state index is 12.5. The number of halogens is 1. The summed E-state index contributed by atoms with van der Waals surface area (Å²) in [4.78, 5) is 24.8. The molecule has 1 fully saturated rings. The number of aryl methyl sites for hydroxylation is 1. The second-order valence-electron chi connectivity index (χ2n) is 5.76. The zero-order chi connectivity index (χ0) is 16.4. The van der Waals surface area contributed by atoms with Gasteiger partial charge < -0.3 is 15.1 Å². The molecule has 5 nitrogen and oxygen atoms in total. The number of hydrogen-bond acceptors (Lipinski definition) is 3. The SMILES string of the molecule is Cc1ccc(NC(=O)C2(C(=O)NCc3ccco3)CC2)cc1Cl. The summed E-state index contributed by atoms with van der Waals surface area (Å²) in [5.41, 5.74) is 0.543. The third kappa shape index (κ3) is 3.24. The van der Waals surface area contributed by atoms with Crippen molar-refractivity contribution in [2.75, 3.05) is 5.32 Å². The fraction of sp³-hybridized carbons (Fsp3) is 0.294. The highest BCUT2D eigenvalue weighted by molar-refractivity contribution is 6.31. The van der Waals surface area contributed by atoms with E-state index in [9.17, 15) is 9.59 Å². The summed E-state index contributed by atoms with van der Waals surface area (Å²) >= 11 is 6.06. The van der Waals surface area contributed by atoms with Crippen LogP contribution in [-0.4, -0.2) is 11.8 Å². The van der Waals surface area contributed by atoms with Gasteiger partial charge in [0.1, 0.15) is 11.2 Å². The van der Waals surface area contributed by atoms with Crippen molar-refractivity contribution in [1.29, 1.82) is 0 Å². The first kappa shape index (κ1) is 15.6. The average molecular weight is 333 g/mol. The normalized spacial score (nSPS) is 15.0. The van der Waals surface area contributed by atoms with Gasteiger partial charge in [-0.1, -0.05) is 17.7 Å². The van der Waals surface area contributed by atoms with Crippen molar-refractivity contribution in [3.8, 4) is 0 Å². The van der Waals surface area contributed by atoms with E-state index in [0.717, 1.165) is 5.56 Å². The van der Waals surface area contributed by atoms with Crippen LogP contribution in [0.4, 0.5) is 5.69 Å². The number of carbonyl (C=O) groups is 2. The molecule has 2 aromatic rings. The fourth-order valence-corrected chi connectivity index (χ4v) is 2.53. The lowest BCUT2D eigenvalue weighted by Crippen LogP contribution is -2.39. The first-order valence-electron chi connectivity index (χ1n) is 7.39. The number of amides is 2. The fourth-order valence-electron chi connectivity index (χ4n) is 2.35. The lowest BCUT2D eigenvalue weighted by atomic mass is 10.0. The summed E-state index contributed by atoms with van der Waals surface area (Å²) < 4.78 is 5.17. The zero-order valence-corrected chi connectivity index (χ0v) is 13.4. The molecule has 1 aromatic heterocycles. The molecule has 0 bridgehead atoms. The van der Waals surface area contributed by atoms with Gasteiger partial charge in [-0.2, -0.15) is 0 Å². The second kappa shape index (κ2) is 6.08. The number of carbonyl (C=O) groups excluding carboxylic acids is 2. The Balaban J connectivity index is 1.63. The summed E-state index contributed by atoms with van der Waals surface area (Å²) in [7, 11) is 0. The molecule has 0 unspecified atom stereocenters. The summed E-state index contributed by atoms with van der Waals surface area (Å²) in [6.45, 7) is 2.16. The molecule has 0 aliphatic heterocycles. The van der Waals surface area contributed by atoms with E-state index in [1.165, 1.54) is 0 Å². The molecule has 1 saturated carbocycles. The molecule has 2 N–H and O–H groups in total. The van der Waals surface area contributed by atoms with Crippen molar-refractivity contribution >= 4 is 29.1 Å². The smallest absolute Gasteiger partial charge is 0.240 e. The minimum atomic E-state index is -0.982. The highest BCUT2D eigenvalue weighted by Gasteiger charge is 2.56. The maximum atomic E-state index is 12.5. The molecule has 1 aliphatic rings. The quantitative estimate of drug-likeness (QED) is 0.825. The van der Waals surface area contributed by atoms with E-state index in [-0.39, 0.29) is 18.4 Å². The Morgan fingerprint density at radius 2 is 2.04 bits per heavy atom. The molecule has 23 heavy (non-hydrogen) atoms. The third-order valence-corrected chi connectivity index (χ3v) is 4.46. The predicted octanol–water partition coefficient (Wildman–Crippen LogP) is 3.28. The third-order valence-electron chi connectivity index (χ3n) is 4.05. The molecule has 0 atom stereocenters. The molecule has 120 valence electrons. The predicted molar refractivity (Wildman–Crippen MR) is 87.0 cm³/mol. The van der Waals surface area contributed by atoms with E-state index in [0.29, 0.717) is 29.3 Å². The van der Waals surface area contributed by atoms with Crippen LogP contribution in [0.15, 0.2) is 41.0 Å². The van der Waals surface area contributed by atoms with E-state index in [1.807, 2.05) is 13.0 Å². The number of benzene rings is 1. The molecule has 1 heterocycles. The van der Waals surface area contributed by atoms with Crippen LogP contribution >= 0.6 is 11.6 Å². The number of hydrogen-bond donors (Lipinski definition) is 2. The first-order chi connectivity index (χ1) is 11.0. The molecule has 0 spiro atoms. The topological polar surface area (TPSA) is 71.3 Å². The van der Waals surface area contributed by atoms with Crippen LogP contribution < -0.4 is 10.6 Å². The van der Waals surface area contributed by atoms with Crippen LogP contribution in [0.3, 0.4) is 0 Å². The van der Waals surface area contributed by atoms with Crippen LogP contribution in [0.1, 0.15) is 24.2 Å². The van der Waals surface area contributed by atoms with Gasteiger partial charge in [0, 0.05) is 10.7 Å². The lowest BCUT2D eigenvalue weighted by Gasteiger charge is -2.15. The summed E-state index contributed by atoms with van der Waals surface area (Å²) in [6, 6.07) is 8.81. The first-order valence-corrected chi connectivity index (χ1v) is 7.77. The Hall–Kier alpha value is -2.27. The van der Waals surface area contributed by atoms with E-state index < -0.39 is 5.41 Å². The number of rotatable bonds is 5. The van der Waals surface area contributed by atoms with Gasteiger partial charge >= 0.3 is 0 Å². The van der Waals surface area contributed by atoms with E-state index in [1.54, 1.807) is 30.5 Å². The summed E-state index contributed by atoms with van der Waals surface area (Å²) in [5, 5.41) is 6.11. The van der Waals surface area contributed by atoms with E-state index in [4.69, 9.17) is 16.0 Å². The molecule has 0 radical (unpaired) electrons. The minimum absolute atomic E-state index is 0.274. The number of furan rings is 1. The molecule has 1 aromatic carbocycles. The number of nitrogens with one attached hydrogen (secondary N) is 2. The Morgan fingerprint density at radius 3 is 2.65 bits per heavy atom. The van der Waals surface area contributed by atoms with Crippen molar-refractivity contribution in [3.05, 3.63) is 52.9 Å². The van der Waals surface area contributed by atoms with Gasteiger partial charge in [0.2, 0.25) is 11.8 Å². The Labute approximate surface area is 139 Å². The Morgan fingerprint density at radius 1 is 1.26 bits per heavy atom. The molecule has 6 heteroatoms. The largest absolute Gasteiger partial charge is 0.467 e. The molecule has 0 saturated heterocycles. The van der Waals surface area contributed by atoms with Crippen LogP contribution in [0, 0.1) is 12.3 Å². The van der Waals surface area contributed by atoms with Crippen molar-refractivity contribution in [2.24, 2.45) is 5.41 Å². The highest BCUT2D eigenvalue weighted by Crippen LogP contribution is 2.47. The van der Waals surface area contributed by atoms with Crippen molar-refractivity contribution in [1.82, 2.24) is 5.32 Å². The van der Waals surface area contributed by atoms with E-state index >= 15 is 0 Å². The van der Waals surface area contributed by atoms with Gasteiger partial charge in [0.25, 0.3) is 0 Å². The molecule has 2 amide bonds. The zero-order valence-electron chi connectivity index (χ0n) is 12.7. The van der Waals surface area contributed by atoms with Crippen LogP contribution in [0.25, 0.3) is 0 Å². The average Bonchev–Trinajstić information content (AvgIpc) is 3.18. The van der Waals surface area contributed by atoms with Gasteiger partial charge in [-0.3, -0.25) is 9.59 Å². The molecule has 3 rings (SSSR count). The van der Waals surface area contributed by atoms with Gasteiger partial charge in [-0.15, -0.1) is 0 Å². The molecular weight excluding hydrogens is 316 g/mol. The van der Waals surface area contributed by atoms with Crippen molar-refractivity contribution in [3.63, 3.8) is 0 Å². The lowest BCUT2D eigenvalue weighted by molar-refractivity contribution is -0.134. The molecular formula is C17H17ClN2O3. The summed E-state index contributed by atoms with van der Waals surface area (Å²) in [5.74, 6) is 0.0823.